The molecule has 3 heteroatoms. The van der Waals surface area contributed by atoms with Crippen LogP contribution in [0.4, 0.5) is 0 Å². The molecule has 88 valence electrons. The average Bonchev–Trinajstić information content (AvgIpc) is 2.81. The molecule has 1 aromatic carbocycles. The van der Waals surface area contributed by atoms with E-state index >= 15 is 0 Å². The highest BCUT2D eigenvalue weighted by Gasteiger charge is 2.32. The van der Waals surface area contributed by atoms with Crippen LogP contribution in [-0.4, -0.2) is 15.3 Å². The highest BCUT2D eigenvalue weighted by Crippen LogP contribution is 2.46. The van der Waals surface area contributed by atoms with Crippen molar-refractivity contribution in [1.29, 1.82) is 0 Å². The maximum atomic E-state index is 9.12. The number of aliphatic hydroxyl groups excluding tert-OH is 1. The lowest BCUT2D eigenvalue weighted by molar-refractivity contribution is 0.281. The standard InChI is InChI=1S/C14H16N2O/c17-9-10-2-1-3-11(6-10)12-7-13(8-12)14-4-5-15-16-14/h1-6,12-13,17H,7-9H2,(H,15,16). The maximum absolute atomic E-state index is 9.12. The predicted octanol–water partition coefficient (Wildman–Crippen LogP) is 2.56. The Balaban J connectivity index is 1.68. The van der Waals surface area contributed by atoms with E-state index in [1.165, 1.54) is 24.1 Å². The molecule has 0 saturated heterocycles. The van der Waals surface area contributed by atoms with E-state index in [2.05, 4.69) is 28.4 Å². The highest BCUT2D eigenvalue weighted by molar-refractivity contribution is 5.29. The number of hydrogen-bond donors (Lipinski definition) is 2. The predicted molar refractivity (Wildman–Crippen MR) is 65.7 cm³/mol. The first-order valence-corrected chi connectivity index (χ1v) is 6.06. The summed E-state index contributed by atoms with van der Waals surface area (Å²) in [5, 5.41) is 16.2. The van der Waals surface area contributed by atoms with Crippen LogP contribution in [0.3, 0.4) is 0 Å². The van der Waals surface area contributed by atoms with Gasteiger partial charge in [-0.15, -0.1) is 0 Å². The maximum Gasteiger partial charge on any atom is 0.0681 e. The molecule has 1 aliphatic carbocycles. The number of hydrogen-bond acceptors (Lipinski definition) is 2. The zero-order chi connectivity index (χ0) is 11.7. The third kappa shape index (κ3) is 1.98. The summed E-state index contributed by atoms with van der Waals surface area (Å²) in [6.07, 6.45) is 4.17. The van der Waals surface area contributed by atoms with Gasteiger partial charge in [0.1, 0.15) is 0 Å². The van der Waals surface area contributed by atoms with Crippen LogP contribution >= 0.6 is 0 Å². The molecule has 1 heterocycles. The molecule has 0 aliphatic heterocycles. The van der Waals surface area contributed by atoms with Gasteiger partial charge in [-0.25, -0.2) is 0 Å². The van der Waals surface area contributed by atoms with Crippen molar-refractivity contribution in [2.45, 2.75) is 31.3 Å². The van der Waals surface area contributed by atoms with Crippen LogP contribution in [0, 0.1) is 0 Å². The van der Waals surface area contributed by atoms with E-state index in [1.54, 1.807) is 0 Å². The first-order chi connectivity index (χ1) is 8.36. The zero-order valence-electron chi connectivity index (χ0n) is 9.63. The Kier molecular flexibility index (Phi) is 2.69. The molecular formula is C14H16N2O. The van der Waals surface area contributed by atoms with Gasteiger partial charge in [0.25, 0.3) is 0 Å². The summed E-state index contributed by atoms with van der Waals surface area (Å²) in [5.74, 6) is 1.26. The van der Waals surface area contributed by atoms with E-state index in [0.717, 1.165) is 5.56 Å². The quantitative estimate of drug-likeness (QED) is 0.848. The van der Waals surface area contributed by atoms with Gasteiger partial charge in [0.2, 0.25) is 0 Å². The highest BCUT2D eigenvalue weighted by atomic mass is 16.3. The van der Waals surface area contributed by atoms with Crippen molar-refractivity contribution in [2.24, 2.45) is 0 Å². The Morgan fingerprint density at radius 3 is 2.82 bits per heavy atom. The molecule has 1 fully saturated rings. The van der Waals surface area contributed by atoms with Crippen molar-refractivity contribution in [2.75, 3.05) is 0 Å². The summed E-state index contributed by atoms with van der Waals surface area (Å²) in [6, 6.07) is 10.3. The van der Waals surface area contributed by atoms with Crippen molar-refractivity contribution < 1.29 is 5.11 Å². The second kappa shape index (κ2) is 4.34. The normalized spacial score (nSPS) is 23.4. The van der Waals surface area contributed by atoms with Gasteiger partial charge in [0.05, 0.1) is 6.61 Å². The SMILES string of the molecule is OCc1cccc(C2CC(c3ccn[nH]3)C2)c1. The third-order valence-electron chi connectivity index (χ3n) is 3.71. The lowest BCUT2D eigenvalue weighted by Gasteiger charge is -2.35. The summed E-state index contributed by atoms with van der Waals surface area (Å²) in [7, 11) is 0. The first kappa shape index (κ1) is 10.5. The molecule has 0 amide bonds. The Morgan fingerprint density at radius 1 is 1.24 bits per heavy atom. The molecule has 0 spiro atoms. The zero-order valence-corrected chi connectivity index (χ0v) is 9.63. The van der Waals surface area contributed by atoms with Crippen LogP contribution in [-0.2, 0) is 6.61 Å². The lowest BCUT2D eigenvalue weighted by atomic mass is 9.70. The summed E-state index contributed by atoms with van der Waals surface area (Å²) >= 11 is 0. The Bertz CT molecular complexity index is 487. The fourth-order valence-corrected chi connectivity index (χ4v) is 2.58. The van der Waals surface area contributed by atoms with E-state index in [0.29, 0.717) is 11.8 Å². The summed E-state index contributed by atoms with van der Waals surface area (Å²) < 4.78 is 0. The van der Waals surface area contributed by atoms with Gasteiger partial charge < -0.3 is 5.11 Å². The molecule has 3 rings (SSSR count). The number of H-pyrrole nitrogens is 1. The fraction of sp³-hybridized carbons (Fsp3) is 0.357. The van der Waals surface area contributed by atoms with E-state index < -0.39 is 0 Å². The van der Waals surface area contributed by atoms with Crippen LogP contribution in [0.5, 0.6) is 0 Å². The molecule has 2 N–H and O–H groups in total. The molecule has 0 bridgehead atoms. The second-order valence-electron chi connectivity index (χ2n) is 4.78. The monoisotopic (exact) mass is 228 g/mol. The van der Waals surface area contributed by atoms with Gasteiger partial charge in [-0.3, -0.25) is 5.10 Å². The third-order valence-corrected chi connectivity index (χ3v) is 3.71. The number of rotatable bonds is 3. The van der Waals surface area contributed by atoms with E-state index in [4.69, 9.17) is 5.11 Å². The number of nitrogens with zero attached hydrogens (tertiary/aromatic N) is 1. The summed E-state index contributed by atoms with van der Waals surface area (Å²) in [6.45, 7) is 0.130. The minimum atomic E-state index is 0.130. The van der Waals surface area contributed by atoms with Gasteiger partial charge in [0.15, 0.2) is 0 Å². The topological polar surface area (TPSA) is 48.9 Å². The number of aliphatic hydroxyl groups is 1. The summed E-state index contributed by atoms with van der Waals surface area (Å²) in [4.78, 5) is 0. The van der Waals surface area contributed by atoms with Crippen molar-refractivity contribution >= 4 is 0 Å². The van der Waals surface area contributed by atoms with E-state index in [9.17, 15) is 0 Å². The number of aromatic nitrogens is 2. The molecule has 3 nitrogen and oxygen atoms in total. The smallest absolute Gasteiger partial charge is 0.0681 e. The first-order valence-electron chi connectivity index (χ1n) is 6.06. The fourth-order valence-electron chi connectivity index (χ4n) is 2.58. The second-order valence-corrected chi connectivity index (χ2v) is 4.78. The number of benzene rings is 1. The number of aromatic amines is 1. The molecule has 2 aromatic rings. The van der Waals surface area contributed by atoms with Crippen LogP contribution in [0.2, 0.25) is 0 Å². The van der Waals surface area contributed by atoms with Crippen molar-refractivity contribution in [3.63, 3.8) is 0 Å². The Morgan fingerprint density at radius 2 is 2.12 bits per heavy atom. The lowest BCUT2D eigenvalue weighted by Crippen LogP contribution is -2.20. The molecule has 0 unspecified atom stereocenters. The molecule has 1 saturated carbocycles. The van der Waals surface area contributed by atoms with Crippen LogP contribution in [0.1, 0.15) is 41.5 Å². The summed E-state index contributed by atoms with van der Waals surface area (Å²) in [5.41, 5.74) is 3.61. The van der Waals surface area contributed by atoms with Crippen LogP contribution in [0.25, 0.3) is 0 Å². The van der Waals surface area contributed by atoms with Gasteiger partial charge in [-0.2, -0.15) is 5.10 Å². The Hall–Kier alpha value is -1.61. The van der Waals surface area contributed by atoms with Gasteiger partial charge in [0, 0.05) is 17.8 Å². The van der Waals surface area contributed by atoms with Crippen molar-refractivity contribution in [3.05, 3.63) is 53.3 Å². The molecule has 0 atom stereocenters. The average molecular weight is 228 g/mol. The molecular weight excluding hydrogens is 212 g/mol. The Labute approximate surface area is 100 Å². The van der Waals surface area contributed by atoms with Crippen LogP contribution < -0.4 is 0 Å². The van der Waals surface area contributed by atoms with Gasteiger partial charge >= 0.3 is 0 Å². The van der Waals surface area contributed by atoms with E-state index in [-0.39, 0.29) is 6.61 Å². The minimum absolute atomic E-state index is 0.130. The number of nitrogens with one attached hydrogen (secondary N) is 1. The van der Waals surface area contributed by atoms with E-state index in [1.807, 2.05) is 18.3 Å². The van der Waals surface area contributed by atoms with Gasteiger partial charge in [-0.05, 0) is 36.0 Å². The molecule has 1 aliphatic rings. The molecule has 17 heavy (non-hydrogen) atoms. The van der Waals surface area contributed by atoms with Crippen molar-refractivity contribution in [3.8, 4) is 0 Å². The molecule has 0 radical (unpaired) electrons. The molecule has 1 aromatic heterocycles. The minimum Gasteiger partial charge on any atom is -0.392 e. The van der Waals surface area contributed by atoms with Crippen molar-refractivity contribution in [1.82, 2.24) is 10.2 Å². The van der Waals surface area contributed by atoms with Crippen LogP contribution in [0.15, 0.2) is 36.5 Å². The van der Waals surface area contributed by atoms with Gasteiger partial charge in [-0.1, -0.05) is 24.3 Å². The largest absolute Gasteiger partial charge is 0.392 e.